The SMILES string of the molecule is OC(Cc1ccc(Cl)cc1Cl)c1cccc(F)c1Br. The summed E-state index contributed by atoms with van der Waals surface area (Å²) in [6, 6.07) is 9.63. The van der Waals surface area contributed by atoms with Crippen LogP contribution in [0.15, 0.2) is 40.9 Å². The minimum Gasteiger partial charge on any atom is -0.388 e. The van der Waals surface area contributed by atoms with Crippen molar-refractivity contribution in [2.45, 2.75) is 12.5 Å². The molecule has 0 aliphatic heterocycles. The first-order valence-corrected chi connectivity index (χ1v) is 7.10. The predicted octanol–water partition coefficient (Wildman–Crippen LogP) is 5.17. The largest absolute Gasteiger partial charge is 0.388 e. The summed E-state index contributed by atoms with van der Waals surface area (Å²) in [4.78, 5) is 0. The van der Waals surface area contributed by atoms with E-state index in [0.29, 0.717) is 15.6 Å². The molecular formula is C14H10BrCl2FO. The Morgan fingerprint density at radius 2 is 1.95 bits per heavy atom. The Hall–Kier alpha value is -0.610. The van der Waals surface area contributed by atoms with Gasteiger partial charge in [0.2, 0.25) is 0 Å². The molecule has 2 aromatic rings. The monoisotopic (exact) mass is 362 g/mol. The van der Waals surface area contributed by atoms with Crippen molar-refractivity contribution in [1.82, 2.24) is 0 Å². The summed E-state index contributed by atoms with van der Waals surface area (Å²) < 4.78 is 13.7. The van der Waals surface area contributed by atoms with Gasteiger partial charge in [0, 0.05) is 16.5 Å². The van der Waals surface area contributed by atoms with E-state index >= 15 is 0 Å². The summed E-state index contributed by atoms with van der Waals surface area (Å²) in [5.41, 5.74) is 1.25. The summed E-state index contributed by atoms with van der Waals surface area (Å²) in [6.45, 7) is 0. The van der Waals surface area contributed by atoms with Gasteiger partial charge in [-0.3, -0.25) is 0 Å². The molecule has 1 unspecified atom stereocenters. The smallest absolute Gasteiger partial charge is 0.137 e. The van der Waals surface area contributed by atoms with Crippen molar-refractivity contribution >= 4 is 39.1 Å². The molecule has 1 N–H and O–H groups in total. The van der Waals surface area contributed by atoms with Gasteiger partial charge in [-0.2, -0.15) is 0 Å². The minimum absolute atomic E-state index is 0.271. The molecule has 0 amide bonds. The van der Waals surface area contributed by atoms with Crippen molar-refractivity contribution < 1.29 is 9.50 Å². The van der Waals surface area contributed by atoms with Crippen LogP contribution in [0.5, 0.6) is 0 Å². The third-order valence-corrected chi connectivity index (χ3v) is 4.19. The van der Waals surface area contributed by atoms with Crippen LogP contribution in [0.1, 0.15) is 17.2 Å². The van der Waals surface area contributed by atoms with Gasteiger partial charge in [-0.1, -0.05) is 41.4 Å². The lowest BCUT2D eigenvalue weighted by Gasteiger charge is -2.14. The number of benzene rings is 2. The number of aliphatic hydroxyl groups is 1. The highest BCUT2D eigenvalue weighted by atomic mass is 79.9. The zero-order valence-corrected chi connectivity index (χ0v) is 12.8. The molecule has 0 aliphatic rings. The van der Waals surface area contributed by atoms with E-state index in [0.717, 1.165) is 5.56 Å². The van der Waals surface area contributed by atoms with Gasteiger partial charge in [-0.15, -0.1) is 0 Å². The average Bonchev–Trinajstić information content (AvgIpc) is 2.36. The summed E-state index contributed by atoms with van der Waals surface area (Å²) in [5.74, 6) is -0.404. The van der Waals surface area contributed by atoms with Gasteiger partial charge < -0.3 is 5.11 Å². The molecule has 0 bridgehead atoms. The molecule has 0 spiro atoms. The Morgan fingerprint density at radius 3 is 2.63 bits per heavy atom. The standard InChI is InChI=1S/C14H10BrCl2FO/c15-14-10(2-1-3-12(14)18)13(19)6-8-4-5-9(16)7-11(8)17/h1-5,7,13,19H,6H2. The van der Waals surface area contributed by atoms with E-state index in [1.54, 1.807) is 30.3 Å². The molecule has 0 fully saturated rings. The van der Waals surface area contributed by atoms with Gasteiger partial charge in [0.25, 0.3) is 0 Å². The summed E-state index contributed by atoms with van der Waals surface area (Å²) in [7, 11) is 0. The molecule has 100 valence electrons. The predicted molar refractivity (Wildman–Crippen MR) is 79.2 cm³/mol. The summed E-state index contributed by atoms with van der Waals surface area (Å²) >= 11 is 15.0. The Kier molecular flexibility index (Phi) is 4.85. The van der Waals surface area contributed by atoms with Gasteiger partial charge in [0.15, 0.2) is 0 Å². The molecule has 0 saturated heterocycles. The highest BCUT2D eigenvalue weighted by Crippen LogP contribution is 2.30. The number of hydrogen-bond acceptors (Lipinski definition) is 1. The second-order valence-electron chi connectivity index (χ2n) is 4.10. The zero-order chi connectivity index (χ0) is 14.0. The normalized spacial score (nSPS) is 12.5. The van der Waals surface area contributed by atoms with Crippen LogP contribution in [0, 0.1) is 5.82 Å². The van der Waals surface area contributed by atoms with Crippen molar-refractivity contribution in [1.29, 1.82) is 0 Å². The third-order valence-electron chi connectivity index (χ3n) is 2.77. The van der Waals surface area contributed by atoms with Crippen LogP contribution in [0.4, 0.5) is 4.39 Å². The Labute approximate surface area is 129 Å². The van der Waals surface area contributed by atoms with Gasteiger partial charge in [0.05, 0.1) is 10.6 Å². The fourth-order valence-corrected chi connectivity index (χ4v) is 2.80. The van der Waals surface area contributed by atoms with Crippen LogP contribution in [0.25, 0.3) is 0 Å². The number of rotatable bonds is 3. The molecule has 0 heterocycles. The first-order valence-electron chi connectivity index (χ1n) is 5.55. The molecule has 0 saturated carbocycles. The van der Waals surface area contributed by atoms with E-state index in [9.17, 15) is 9.50 Å². The molecule has 0 radical (unpaired) electrons. The van der Waals surface area contributed by atoms with Crippen molar-refractivity contribution in [2.24, 2.45) is 0 Å². The highest BCUT2D eigenvalue weighted by Gasteiger charge is 2.16. The second-order valence-corrected chi connectivity index (χ2v) is 5.74. The number of hydrogen-bond donors (Lipinski definition) is 1. The molecular weight excluding hydrogens is 354 g/mol. The lowest BCUT2D eigenvalue weighted by atomic mass is 10.0. The van der Waals surface area contributed by atoms with Gasteiger partial charge in [-0.25, -0.2) is 4.39 Å². The van der Waals surface area contributed by atoms with E-state index < -0.39 is 11.9 Å². The van der Waals surface area contributed by atoms with E-state index in [1.807, 2.05) is 0 Å². The summed E-state index contributed by atoms with van der Waals surface area (Å²) in [6.07, 6.45) is -0.554. The van der Waals surface area contributed by atoms with E-state index in [1.165, 1.54) is 6.07 Å². The first-order chi connectivity index (χ1) is 8.99. The third kappa shape index (κ3) is 3.48. The Balaban J connectivity index is 2.25. The van der Waals surface area contributed by atoms with Gasteiger partial charge >= 0.3 is 0 Å². The van der Waals surface area contributed by atoms with Crippen molar-refractivity contribution in [3.63, 3.8) is 0 Å². The molecule has 1 atom stereocenters. The molecule has 0 aromatic heterocycles. The van der Waals surface area contributed by atoms with Crippen LogP contribution in [0.3, 0.4) is 0 Å². The number of aliphatic hydroxyl groups excluding tert-OH is 1. The zero-order valence-electron chi connectivity index (χ0n) is 9.71. The lowest BCUT2D eigenvalue weighted by molar-refractivity contribution is 0.177. The molecule has 2 aromatic carbocycles. The fourth-order valence-electron chi connectivity index (χ4n) is 1.78. The van der Waals surface area contributed by atoms with Crippen LogP contribution in [-0.4, -0.2) is 5.11 Å². The maximum absolute atomic E-state index is 13.4. The molecule has 19 heavy (non-hydrogen) atoms. The van der Waals surface area contributed by atoms with Crippen molar-refractivity contribution in [3.05, 3.63) is 67.9 Å². The Morgan fingerprint density at radius 1 is 1.21 bits per heavy atom. The molecule has 0 aliphatic carbocycles. The molecule has 2 rings (SSSR count). The van der Waals surface area contributed by atoms with Gasteiger partial charge in [0.1, 0.15) is 5.82 Å². The highest BCUT2D eigenvalue weighted by molar-refractivity contribution is 9.10. The molecule has 1 nitrogen and oxygen atoms in total. The van der Waals surface area contributed by atoms with Crippen molar-refractivity contribution in [3.8, 4) is 0 Å². The van der Waals surface area contributed by atoms with Crippen LogP contribution >= 0.6 is 39.1 Å². The maximum atomic E-state index is 13.4. The number of halogens is 4. The van der Waals surface area contributed by atoms with Crippen molar-refractivity contribution in [2.75, 3.05) is 0 Å². The van der Waals surface area contributed by atoms with Crippen LogP contribution in [-0.2, 0) is 6.42 Å². The average molecular weight is 364 g/mol. The topological polar surface area (TPSA) is 20.2 Å². The van der Waals surface area contributed by atoms with E-state index in [2.05, 4.69) is 15.9 Å². The lowest BCUT2D eigenvalue weighted by Crippen LogP contribution is -2.04. The van der Waals surface area contributed by atoms with E-state index in [-0.39, 0.29) is 10.9 Å². The van der Waals surface area contributed by atoms with E-state index in [4.69, 9.17) is 23.2 Å². The Bertz CT molecular complexity index is 604. The van der Waals surface area contributed by atoms with Gasteiger partial charge in [-0.05, 0) is 45.3 Å². The minimum atomic E-state index is -0.844. The quantitative estimate of drug-likeness (QED) is 0.797. The fraction of sp³-hybridized carbons (Fsp3) is 0.143. The van der Waals surface area contributed by atoms with Crippen LogP contribution in [0.2, 0.25) is 10.0 Å². The second kappa shape index (κ2) is 6.23. The maximum Gasteiger partial charge on any atom is 0.137 e. The van der Waals surface area contributed by atoms with Crippen LogP contribution < -0.4 is 0 Å². The summed E-state index contributed by atoms with van der Waals surface area (Å²) in [5, 5.41) is 11.2. The molecule has 5 heteroatoms. The first kappa shape index (κ1) is 14.8.